The summed E-state index contributed by atoms with van der Waals surface area (Å²) in [6, 6.07) is 12.9. The van der Waals surface area contributed by atoms with Gasteiger partial charge in [0.2, 0.25) is 0 Å². The monoisotopic (exact) mass is 434 g/mol. The molecule has 2 aliphatic rings. The molecule has 1 aromatic heterocycles. The van der Waals surface area contributed by atoms with Gasteiger partial charge in [0.05, 0.1) is 9.88 Å². The maximum atomic E-state index is 12.8. The fourth-order valence-corrected chi connectivity index (χ4v) is 5.37. The number of nitrogens with one attached hydrogen (secondary N) is 3. The SMILES string of the molecule is Cl.NC1CC2CCCC(C1)C2NC(=O)c1ccc(NC(=O)Nc2ccccc2)s1. The van der Waals surface area contributed by atoms with E-state index in [4.69, 9.17) is 5.73 Å². The van der Waals surface area contributed by atoms with Crippen LogP contribution in [0.2, 0.25) is 0 Å². The molecule has 2 fully saturated rings. The summed E-state index contributed by atoms with van der Waals surface area (Å²) in [5.74, 6) is 0.917. The summed E-state index contributed by atoms with van der Waals surface area (Å²) >= 11 is 1.29. The zero-order chi connectivity index (χ0) is 19.5. The van der Waals surface area contributed by atoms with Crippen LogP contribution >= 0.6 is 23.7 Å². The second-order valence-electron chi connectivity index (χ2n) is 7.79. The van der Waals surface area contributed by atoms with Gasteiger partial charge in [0.25, 0.3) is 5.91 Å². The number of hydrogen-bond donors (Lipinski definition) is 4. The average Bonchev–Trinajstić information content (AvgIpc) is 3.11. The van der Waals surface area contributed by atoms with E-state index >= 15 is 0 Å². The van der Waals surface area contributed by atoms with Crippen molar-refractivity contribution in [3.05, 3.63) is 47.3 Å². The van der Waals surface area contributed by atoms with Gasteiger partial charge < -0.3 is 16.4 Å². The smallest absolute Gasteiger partial charge is 0.324 e. The van der Waals surface area contributed by atoms with Crippen molar-refractivity contribution in [2.24, 2.45) is 17.6 Å². The van der Waals surface area contributed by atoms with Gasteiger partial charge in [-0.1, -0.05) is 24.6 Å². The second kappa shape index (κ2) is 9.61. The van der Waals surface area contributed by atoms with E-state index in [-0.39, 0.29) is 36.4 Å². The summed E-state index contributed by atoms with van der Waals surface area (Å²) in [4.78, 5) is 25.5. The number of carbonyl (C=O) groups is 2. The molecule has 29 heavy (non-hydrogen) atoms. The van der Waals surface area contributed by atoms with E-state index in [0.717, 1.165) is 31.4 Å². The number of hydrogen-bond acceptors (Lipinski definition) is 4. The Hall–Kier alpha value is -2.09. The van der Waals surface area contributed by atoms with Crippen LogP contribution in [0.1, 0.15) is 41.8 Å². The first-order valence-corrected chi connectivity index (χ1v) is 10.7. The van der Waals surface area contributed by atoms with Crippen LogP contribution in [0.5, 0.6) is 0 Å². The number of anilines is 2. The van der Waals surface area contributed by atoms with Crippen molar-refractivity contribution in [3.8, 4) is 0 Å². The lowest BCUT2D eigenvalue weighted by Gasteiger charge is -2.45. The molecule has 2 saturated carbocycles. The van der Waals surface area contributed by atoms with Crippen LogP contribution in [0.15, 0.2) is 42.5 Å². The summed E-state index contributed by atoms with van der Waals surface area (Å²) in [5, 5.41) is 9.45. The molecule has 156 valence electrons. The molecule has 2 atom stereocenters. The number of carbonyl (C=O) groups excluding carboxylic acids is 2. The lowest BCUT2D eigenvalue weighted by molar-refractivity contribution is 0.0759. The first-order chi connectivity index (χ1) is 13.6. The quantitative estimate of drug-likeness (QED) is 0.572. The van der Waals surface area contributed by atoms with E-state index in [1.165, 1.54) is 17.8 Å². The second-order valence-corrected chi connectivity index (χ2v) is 8.87. The maximum absolute atomic E-state index is 12.8. The predicted molar refractivity (Wildman–Crippen MR) is 120 cm³/mol. The molecule has 1 heterocycles. The van der Waals surface area contributed by atoms with Gasteiger partial charge in [-0.2, -0.15) is 0 Å². The van der Waals surface area contributed by atoms with Crippen molar-refractivity contribution in [2.75, 3.05) is 10.6 Å². The molecule has 2 aromatic rings. The molecule has 4 rings (SSSR count). The molecule has 6 nitrogen and oxygen atoms in total. The third-order valence-corrected chi connectivity index (χ3v) is 6.77. The third-order valence-electron chi connectivity index (χ3n) is 5.77. The van der Waals surface area contributed by atoms with Crippen molar-refractivity contribution in [2.45, 2.75) is 44.2 Å². The van der Waals surface area contributed by atoms with Crippen LogP contribution in [0.4, 0.5) is 15.5 Å². The largest absolute Gasteiger partial charge is 0.348 e. The molecule has 0 spiro atoms. The van der Waals surface area contributed by atoms with E-state index in [1.54, 1.807) is 12.1 Å². The van der Waals surface area contributed by atoms with E-state index in [2.05, 4.69) is 16.0 Å². The molecule has 8 heteroatoms. The number of benzene rings is 1. The number of thiophene rings is 1. The minimum Gasteiger partial charge on any atom is -0.348 e. The zero-order valence-corrected chi connectivity index (χ0v) is 17.7. The number of halogens is 1. The number of fused-ring (bicyclic) bond motifs is 2. The summed E-state index contributed by atoms with van der Waals surface area (Å²) in [6.07, 6.45) is 5.52. The molecular weight excluding hydrogens is 408 g/mol. The first kappa shape index (κ1) is 21.6. The van der Waals surface area contributed by atoms with Crippen LogP contribution in [-0.2, 0) is 0 Å². The molecule has 1 aromatic carbocycles. The molecule has 0 aliphatic heterocycles. The summed E-state index contributed by atoms with van der Waals surface area (Å²) in [6.45, 7) is 0. The van der Waals surface area contributed by atoms with Gasteiger partial charge in [-0.05, 0) is 61.8 Å². The van der Waals surface area contributed by atoms with Crippen molar-refractivity contribution in [1.82, 2.24) is 5.32 Å². The van der Waals surface area contributed by atoms with Gasteiger partial charge in [-0.3, -0.25) is 10.1 Å². The summed E-state index contributed by atoms with van der Waals surface area (Å²) in [5.41, 5.74) is 6.90. The molecule has 3 amide bonds. The number of rotatable bonds is 4. The van der Waals surface area contributed by atoms with Crippen LogP contribution in [0, 0.1) is 11.8 Å². The third kappa shape index (κ3) is 5.29. The highest BCUT2D eigenvalue weighted by molar-refractivity contribution is 7.18. The first-order valence-electron chi connectivity index (χ1n) is 9.88. The van der Waals surface area contributed by atoms with Crippen LogP contribution in [0.25, 0.3) is 0 Å². The fourth-order valence-electron chi connectivity index (χ4n) is 4.57. The Morgan fingerprint density at radius 3 is 2.34 bits per heavy atom. The fraction of sp³-hybridized carbons (Fsp3) is 0.429. The zero-order valence-electron chi connectivity index (χ0n) is 16.1. The standard InChI is InChI=1S/C21H26N4O2S.ClH/c22-15-11-13-5-4-6-14(12-15)19(13)25-20(26)17-9-10-18(28-17)24-21(27)23-16-7-2-1-3-8-16;/h1-3,7-10,13-15,19H,4-6,11-12,22H2,(H,25,26)(H2,23,24,27);1H. The van der Waals surface area contributed by atoms with Gasteiger partial charge in [-0.25, -0.2) is 4.79 Å². The van der Waals surface area contributed by atoms with E-state index in [0.29, 0.717) is 21.7 Å². The van der Waals surface area contributed by atoms with Gasteiger partial charge in [0.15, 0.2) is 0 Å². The highest BCUT2D eigenvalue weighted by Gasteiger charge is 2.40. The highest BCUT2D eigenvalue weighted by Crippen LogP contribution is 2.40. The molecular formula is C21H27ClN4O2S. The van der Waals surface area contributed by atoms with E-state index in [1.807, 2.05) is 30.3 Å². The Morgan fingerprint density at radius 1 is 0.966 bits per heavy atom. The van der Waals surface area contributed by atoms with Crippen LogP contribution < -0.4 is 21.7 Å². The normalized spacial score (nSPS) is 25.4. The Labute approximate surface area is 181 Å². The highest BCUT2D eigenvalue weighted by atomic mass is 35.5. The molecule has 2 bridgehead atoms. The van der Waals surface area contributed by atoms with Crippen molar-refractivity contribution < 1.29 is 9.59 Å². The maximum Gasteiger partial charge on any atom is 0.324 e. The molecule has 0 saturated heterocycles. The average molecular weight is 435 g/mol. The molecule has 2 aliphatic carbocycles. The molecule has 2 unspecified atom stereocenters. The Morgan fingerprint density at radius 2 is 1.66 bits per heavy atom. The summed E-state index contributed by atoms with van der Waals surface area (Å²) < 4.78 is 0. The topological polar surface area (TPSA) is 96.2 Å². The van der Waals surface area contributed by atoms with Crippen LogP contribution in [0.3, 0.4) is 0 Å². The summed E-state index contributed by atoms with van der Waals surface area (Å²) in [7, 11) is 0. The minimum atomic E-state index is -0.323. The van der Waals surface area contributed by atoms with Crippen molar-refractivity contribution >= 4 is 46.4 Å². The van der Waals surface area contributed by atoms with Gasteiger partial charge in [-0.15, -0.1) is 23.7 Å². The van der Waals surface area contributed by atoms with Gasteiger partial charge in [0, 0.05) is 17.8 Å². The molecule has 0 radical (unpaired) electrons. The predicted octanol–water partition coefficient (Wildman–Crippen LogP) is 4.45. The van der Waals surface area contributed by atoms with Crippen LogP contribution in [-0.4, -0.2) is 24.0 Å². The van der Waals surface area contributed by atoms with E-state index in [9.17, 15) is 9.59 Å². The minimum absolute atomic E-state index is 0. The van der Waals surface area contributed by atoms with Crippen molar-refractivity contribution in [1.29, 1.82) is 0 Å². The Bertz CT molecular complexity index is 830. The lowest BCUT2D eigenvalue weighted by atomic mass is 9.67. The van der Waals surface area contributed by atoms with Gasteiger partial charge in [0.1, 0.15) is 0 Å². The lowest BCUT2D eigenvalue weighted by Crippen LogP contribution is -2.53. The van der Waals surface area contributed by atoms with Gasteiger partial charge >= 0.3 is 6.03 Å². The number of para-hydroxylation sites is 1. The number of nitrogens with two attached hydrogens (primary N) is 1. The Kier molecular flexibility index (Phi) is 7.16. The Balaban J connectivity index is 0.00000240. The number of urea groups is 1. The molecule has 5 N–H and O–H groups in total. The number of amides is 3. The van der Waals surface area contributed by atoms with E-state index < -0.39 is 0 Å². The van der Waals surface area contributed by atoms with Crippen molar-refractivity contribution in [3.63, 3.8) is 0 Å².